The van der Waals surface area contributed by atoms with Gasteiger partial charge >= 0.3 is 0 Å². The van der Waals surface area contributed by atoms with Crippen LogP contribution in [-0.4, -0.2) is 15.2 Å². The number of nitrogens with one attached hydrogen (secondary N) is 3. The van der Waals surface area contributed by atoms with E-state index in [1.807, 2.05) is 18.2 Å². The summed E-state index contributed by atoms with van der Waals surface area (Å²) >= 11 is 0. The first kappa shape index (κ1) is 8.87. The van der Waals surface area contributed by atoms with Gasteiger partial charge in [-0.25, -0.2) is 0 Å². The Hall–Kier alpha value is -2.23. The molecule has 3 aromatic rings. The van der Waals surface area contributed by atoms with Gasteiger partial charge in [0.25, 0.3) is 5.56 Å². The summed E-state index contributed by atoms with van der Waals surface area (Å²) in [7, 11) is 0. The maximum Gasteiger partial charge on any atom is 0.270 e. The predicted molar refractivity (Wildman–Crippen MR) is 67.6 cm³/mol. The van der Waals surface area contributed by atoms with Crippen LogP contribution in [-0.2, 0) is 6.42 Å². The number of rotatable bonds is 0. The van der Waals surface area contributed by atoms with Crippen LogP contribution in [0.1, 0.15) is 12.1 Å². The van der Waals surface area contributed by atoms with Crippen molar-refractivity contribution >= 4 is 27.8 Å². The van der Waals surface area contributed by atoms with Gasteiger partial charge in [-0.1, -0.05) is 12.1 Å². The molecule has 0 unspecified atom stereocenters. The van der Waals surface area contributed by atoms with E-state index in [-0.39, 0.29) is 5.56 Å². The van der Waals surface area contributed by atoms with E-state index in [1.54, 1.807) is 0 Å². The van der Waals surface area contributed by atoms with Crippen molar-refractivity contribution in [2.75, 3.05) is 0 Å². The van der Waals surface area contributed by atoms with Crippen molar-refractivity contribution in [2.45, 2.75) is 12.8 Å². The summed E-state index contributed by atoms with van der Waals surface area (Å²) in [5, 5.41) is 9.84. The molecule has 2 aromatic heterocycles. The van der Waals surface area contributed by atoms with Gasteiger partial charge in [-0.05, 0) is 25.0 Å². The molecule has 2 heterocycles. The third-order valence-corrected chi connectivity index (χ3v) is 3.47. The molecule has 0 amide bonds. The maximum atomic E-state index is 12.0. The summed E-state index contributed by atoms with van der Waals surface area (Å²) in [6.45, 7) is 0. The normalized spacial score (nSPS) is 14.1. The topological polar surface area (TPSA) is 64.4 Å². The molecule has 1 aliphatic rings. The number of hydrogen-bond donors (Lipinski definition) is 3. The van der Waals surface area contributed by atoms with E-state index in [4.69, 9.17) is 0 Å². The Bertz CT molecular complexity index is 864. The summed E-state index contributed by atoms with van der Waals surface area (Å²) in [5.41, 5.74) is 2.06. The second-order valence-corrected chi connectivity index (χ2v) is 4.44. The van der Waals surface area contributed by atoms with Crippen LogP contribution in [0.15, 0.2) is 23.0 Å². The van der Waals surface area contributed by atoms with E-state index >= 15 is 0 Å². The van der Waals surface area contributed by atoms with Crippen LogP contribution < -0.4 is 10.9 Å². The summed E-state index contributed by atoms with van der Waals surface area (Å²) in [5.74, 6) is 0. The average molecular weight is 225 g/mol. The number of aromatic nitrogens is 3. The number of hydrogen-bond acceptors (Lipinski definition) is 1. The van der Waals surface area contributed by atoms with Gasteiger partial charge in [0.1, 0.15) is 0 Å². The quantitative estimate of drug-likeness (QED) is 0.531. The molecule has 3 N–H and O–H groups in total. The first-order valence-corrected chi connectivity index (χ1v) is 5.75. The Balaban J connectivity index is 2.53. The van der Waals surface area contributed by atoms with E-state index in [9.17, 15) is 4.79 Å². The minimum atomic E-state index is -0.0701. The van der Waals surface area contributed by atoms with Gasteiger partial charge in [-0.3, -0.25) is 9.89 Å². The first-order chi connectivity index (χ1) is 8.34. The molecule has 0 aliphatic heterocycles. The number of H-pyrrole nitrogens is 3. The molecule has 0 saturated carbocycles. The highest BCUT2D eigenvalue weighted by Gasteiger charge is 2.13. The van der Waals surface area contributed by atoms with E-state index < -0.39 is 0 Å². The van der Waals surface area contributed by atoms with Crippen molar-refractivity contribution in [1.82, 2.24) is 15.2 Å². The molecule has 17 heavy (non-hydrogen) atoms. The molecule has 4 rings (SSSR count). The molecule has 84 valence electrons. The van der Waals surface area contributed by atoms with Crippen molar-refractivity contribution in [3.05, 3.63) is 39.6 Å². The van der Waals surface area contributed by atoms with Crippen molar-refractivity contribution in [2.24, 2.45) is 0 Å². The second-order valence-electron chi connectivity index (χ2n) is 4.44. The lowest BCUT2D eigenvalue weighted by molar-refractivity contribution is 0.893. The molecule has 1 aliphatic carbocycles. The van der Waals surface area contributed by atoms with Gasteiger partial charge in [-0.2, -0.15) is 0 Å². The monoisotopic (exact) mass is 225 g/mol. The number of benzene rings is 1. The van der Waals surface area contributed by atoms with Gasteiger partial charge in [0, 0.05) is 27.3 Å². The summed E-state index contributed by atoms with van der Waals surface area (Å²) in [4.78, 5) is 15.4. The van der Waals surface area contributed by atoms with Crippen molar-refractivity contribution in [1.29, 1.82) is 0 Å². The van der Waals surface area contributed by atoms with E-state index in [2.05, 4.69) is 21.3 Å². The van der Waals surface area contributed by atoms with E-state index in [0.717, 1.165) is 45.6 Å². The number of aryl methyl sites for hydroxylation is 1. The third kappa shape index (κ3) is 1.04. The summed E-state index contributed by atoms with van der Waals surface area (Å²) in [6, 6.07) is 5.79. The third-order valence-electron chi connectivity index (χ3n) is 3.47. The molecule has 0 saturated heterocycles. The molecule has 0 bridgehead atoms. The zero-order valence-corrected chi connectivity index (χ0v) is 9.13. The van der Waals surface area contributed by atoms with Gasteiger partial charge < -0.3 is 10.1 Å². The average Bonchev–Trinajstić information content (AvgIpc) is 2.67. The Morgan fingerprint density at radius 1 is 1.12 bits per heavy atom. The van der Waals surface area contributed by atoms with Gasteiger partial charge in [0.05, 0.1) is 5.39 Å². The van der Waals surface area contributed by atoms with Crippen LogP contribution in [0.3, 0.4) is 0 Å². The Labute approximate surface area is 96.0 Å². The fourth-order valence-electron chi connectivity index (χ4n) is 2.73. The minimum absolute atomic E-state index is 0.0701. The zero-order valence-electron chi connectivity index (χ0n) is 9.13. The largest absolute Gasteiger partial charge is 0.355 e. The van der Waals surface area contributed by atoms with Crippen molar-refractivity contribution < 1.29 is 0 Å². The lowest BCUT2D eigenvalue weighted by atomic mass is 10.0. The smallest absolute Gasteiger partial charge is 0.270 e. The Morgan fingerprint density at radius 2 is 2.06 bits per heavy atom. The van der Waals surface area contributed by atoms with Crippen molar-refractivity contribution in [3.63, 3.8) is 0 Å². The van der Waals surface area contributed by atoms with Crippen LogP contribution in [0.2, 0.25) is 0 Å². The molecule has 0 spiro atoms. The van der Waals surface area contributed by atoms with Crippen LogP contribution in [0.25, 0.3) is 27.8 Å². The molecule has 0 fully saturated rings. The zero-order chi connectivity index (χ0) is 11.4. The second kappa shape index (κ2) is 2.91. The van der Waals surface area contributed by atoms with Gasteiger partial charge in [0.15, 0.2) is 0 Å². The van der Waals surface area contributed by atoms with Gasteiger partial charge in [-0.15, -0.1) is 0 Å². The van der Waals surface area contributed by atoms with E-state index in [0.29, 0.717) is 0 Å². The molecule has 4 nitrogen and oxygen atoms in total. The highest BCUT2D eigenvalue weighted by molar-refractivity contribution is 6.09. The standard InChI is InChI=1S/C13H11N3O/c17-13-7-3-1-4-8-11(7)12-9(14-8)5-2-6-10(12)15-16-13/h1,3-5,14-15H,2,6H2,(H,16,17). The minimum Gasteiger partial charge on any atom is -0.355 e. The fourth-order valence-corrected chi connectivity index (χ4v) is 2.73. The highest BCUT2D eigenvalue weighted by Crippen LogP contribution is 2.24. The molecule has 0 atom stereocenters. The van der Waals surface area contributed by atoms with E-state index in [1.165, 1.54) is 0 Å². The highest BCUT2D eigenvalue weighted by atomic mass is 16.1. The van der Waals surface area contributed by atoms with Crippen LogP contribution in [0.4, 0.5) is 0 Å². The van der Waals surface area contributed by atoms with Crippen LogP contribution in [0.5, 0.6) is 0 Å². The fraction of sp³-hybridized carbons (Fsp3) is 0.154. The van der Waals surface area contributed by atoms with Crippen molar-refractivity contribution in [3.8, 4) is 0 Å². The van der Waals surface area contributed by atoms with Crippen LogP contribution >= 0.6 is 0 Å². The first-order valence-electron chi connectivity index (χ1n) is 5.75. The molecular weight excluding hydrogens is 214 g/mol. The molecule has 4 heteroatoms. The Kier molecular flexibility index (Phi) is 1.52. The lowest BCUT2D eigenvalue weighted by Crippen LogP contribution is -2.09. The molecule has 1 aromatic carbocycles. The molecular formula is C13H11N3O. The predicted octanol–water partition coefficient (Wildman–Crippen LogP) is 1.35. The molecule has 0 radical (unpaired) electrons. The SMILES string of the molecule is O=c1[nH][nH]c2c3c([nH]c4cccc1c43)=CCC2. The maximum absolute atomic E-state index is 12.0. The Morgan fingerprint density at radius 3 is 3.00 bits per heavy atom. The lowest BCUT2D eigenvalue weighted by Gasteiger charge is -2.02. The van der Waals surface area contributed by atoms with Gasteiger partial charge in [0.2, 0.25) is 0 Å². The van der Waals surface area contributed by atoms with Crippen LogP contribution in [0, 0.1) is 0 Å². The number of aromatic amines is 3. The summed E-state index contributed by atoms with van der Waals surface area (Å²) < 4.78 is 0. The summed E-state index contributed by atoms with van der Waals surface area (Å²) in [6.07, 6.45) is 4.13.